The molecule has 1 N–H and O–H groups in total. The molecule has 6 nitrogen and oxygen atoms in total. The third-order valence-electron chi connectivity index (χ3n) is 4.48. The normalized spacial score (nSPS) is 17.6. The summed E-state index contributed by atoms with van der Waals surface area (Å²) in [6.45, 7) is -0.810. The third-order valence-corrected chi connectivity index (χ3v) is 6.40. The van der Waals surface area contributed by atoms with Crippen molar-refractivity contribution < 1.29 is 26.7 Å². The smallest absolute Gasteiger partial charge is 0.387 e. The van der Waals surface area contributed by atoms with Crippen LogP contribution in [0.4, 0.5) is 14.5 Å². The molecule has 1 aliphatic rings. The summed E-state index contributed by atoms with van der Waals surface area (Å²) in [5.41, 5.74) is 1.31. The van der Waals surface area contributed by atoms with Crippen LogP contribution in [0.5, 0.6) is 5.75 Å². The summed E-state index contributed by atoms with van der Waals surface area (Å²) in [4.78, 5) is 12.8. The molecule has 0 radical (unpaired) electrons. The minimum atomic E-state index is -3.79. The van der Waals surface area contributed by atoms with E-state index in [2.05, 4.69) is 10.1 Å². The zero-order valence-corrected chi connectivity index (χ0v) is 16.0. The average molecular weight is 410 g/mol. The number of benzene rings is 2. The topological polar surface area (TPSA) is 75.7 Å². The number of hydrogen-bond donors (Lipinski definition) is 1. The number of rotatable bonds is 6. The van der Waals surface area contributed by atoms with Crippen LogP contribution in [0.25, 0.3) is 0 Å². The van der Waals surface area contributed by atoms with Crippen molar-refractivity contribution in [3.05, 3.63) is 54.1 Å². The van der Waals surface area contributed by atoms with Crippen molar-refractivity contribution in [2.45, 2.75) is 37.3 Å². The molecule has 0 saturated carbocycles. The van der Waals surface area contributed by atoms with Crippen LogP contribution in [0.1, 0.15) is 18.4 Å². The SMILES string of the molecule is Cc1ccc(S(=O)(=O)N2CCCC2C(=O)Nc2ccc(OC(F)F)cc2)cc1. The second kappa shape index (κ2) is 8.24. The summed E-state index contributed by atoms with van der Waals surface area (Å²) in [6.07, 6.45) is 0.980. The number of hydrogen-bond acceptors (Lipinski definition) is 4. The van der Waals surface area contributed by atoms with Gasteiger partial charge in [0.05, 0.1) is 4.90 Å². The fraction of sp³-hybridized carbons (Fsp3) is 0.316. The highest BCUT2D eigenvalue weighted by molar-refractivity contribution is 7.89. The third kappa shape index (κ3) is 4.48. The van der Waals surface area contributed by atoms with Gasteiger partial charge in [-0.05, 0) is 56.2 Å². The molecule has 1 heterocycles. The Kier molecular flexibility index (Phi) is 5.95. The van der Waals surface area contributed by atoms with Crippen molar-refractivity contribution in [1.82, 2.24) is 4.31 Å². The van der Waals surface area contributed by atoms with E-state index in [0.29, 0.717) is 18.5 Å². The molecule has 0 bridgehead atoms. The number of halogens is 2. The summed E-state index contributed by atoms with van der Waals surface area (Å²) < 4.78 is 55.7. The van der Waals surface area contributed by atoms with Gasteiger partial charge in [0.2, 0.25) is 15.9 Å². The van der Waals surface area contributed by atoms with Gasteiger partial charge in [0.1, 0.15) is 11.8 Å². The van der Waals surface area contributed by atoms with Crippen LogP contribution in [0.3, 0.4) is 0 Å². The van der Waals surface area contributed by atoms with Gasteiger partial charge in [-0.2, -0.15) is 13.1 Å². The maximum absolute atomic E-state index is 12.9. The number of nitrogens with zero attached hydrogens (tertiary/aromatic N) is 1. The first-order chi connectivity index (χ1) is 13.3. The molecule has 3 rings (SSSR count). The lowest BCUT2D eigenvalue weighted by molar-refractivity contribution is -0.119. The predicted molar refractivity (Wildman–Crippen MR) is 99.8 cm³/mol. The number of carbonyl (C=O) groups excluding carboxylic acids is 1. The van der Waals surface area contributed by atoms with Crippen LogP contribution >= 0.6 is 0 Å². The van der Waals surface area contributed by atoms with Crippen molar-refractivity contribution >= 4 is 21.6 Å². The number of amides is 1. The summed E-state index contributed by atoms with van der Waals surface area (Å²) >= 11 is 0. The van der Waals surface area contributed by atoms with Crippen LogP contribution in [0.15, 0.2) is 53.4 Å². The van der Waals surface area contributed by atoms with Crippen LogP contribution in [0, 0.1) is 6.92 Å². The van der Waals surface area contributed by atoms with Gasteiger partial charge >= 0.3 is 6.61 Å². The molecule has 1 amide bonds. The Balaban J connectivity index is 1.73. The van der Waals surface area contributed by atoms with Gasteiger partial charge in [-0.1, -0.05) is 17.7 Å². The van der Waals surface area contributed by atoms with Gasteiger partial charge in [-0.3, -0.25) is 4.79 Å². The van der Waals surface area contributed by atoms with E-state index < -0.39 is 28.6 Å². The van der Waals surface area contributed by atoms with E-state index in [1.807, 2.05) is 6.92 Å². The minimum absolute atomic E-state index is 0.0301. The number of ether oxygens (including phenoxy) is 1. The van der Waals surface area contributed by atoms with E-state index in [0.717, 1.165) is 5.56 Å². The first-order valence-corrected chi connectivity index (χ1v) is 10.2. The molecule has 1 fully saturated rings. The molecule has 0 aliphatic carbocycles. The van der Waals surface area contributed by atoms with Crippen LogP contribution in [-0.4, -0.2) is 37.8 Å². The molecule has 0 aromatic heterocycles. The van der Waals surface area contributed by atoms with E-state index in [1.54, 1.807) is 12.1 Å². The molecular formula is C19H20F2N2O4S. The monoisotopic (exact) mass is 410 g/mol. The fourth-order valence-corrected chi connectivity index (χ4v) is 4.74. The second-order valence-electron chi connectivity index (χ2n) is 6.48. The number of carbonyl (C=O) groups is 1. The standard InChI is InChI=1S/C19H20F2N2O4S/c1-13-4-10-16(11-5-13)28(25,26)23-12-2-3-17(23)18(24)22-14-6-8-15(9-7-14)27-19(20)21/h4-11,17,19H,2-3,12H2,1H3,(H,22,24). The molecule has 28 heavy (non-hydrogen) atoms. The minimum Gasteiger partial charge on any atom is -0.435 e. The van der Waals surface area contributed by atoms with Crippen molar-refractivity contribution in [1.29, 1.82) is 0 Å². The van der Waals surface area contributed by atoms with Gasteiger partial charge in [0.25, 0.3) is 0 Å². The lowest BCUT2D eigenvalue weighted by Crippen LogP contribution is -2.43. The average Bonchev–Trinajstić information content (AvgIpc) is 3.14. The fourth-order valence-electron chi connectivity index (χ4n) is 3.08. The summed E-state index contributed by atoms with van der Waals surface area (Å²) in [6, 6.07) is 11.1. The molecule has 2 aromatic carbocycles. The van der Waals surface area contributed by atoms with Crippen molar-refractivity contribution in [2.75, 3.05) is 11.9 Å². The Hall–Kier alpha value is -2.52. The lowest BCUT2D eigenvalue weighted by Gasteiger charge is -2.23. The van der Waals surface area contributed by atoms with Crippen LogP contribution < -0.4 is 10.1 Å². The molecule has 9 heteroatoms. The zero-order chi connectivity index (χ0) is 20.3. The van der Waals surface area contributed by atoms with Gasteiger partial charge in [-0.15, -0.1) is 0 Å². The quantitative estimate of drug-likeness (QED) is 0.792. The van der Waals surface area contributed by atoms with E-state index in [1.165, 1.54) is 40.7 Å². The predicted octanol–water partition coefficient (Wildman–Crippen LogP) is 3.39. The Labute approximate surface area is 162 Å². The Bertz CT molecular complexity index is 931. The molecule has 1 saturated heterocycles. The second-order valence-corrected chi connectivity index (χ2v) is 8.37. The molecule has 150 valence electrons. The number of sulfonamides is 1. The van der Waals surface area contributed by atoms with Gasteiger partial charge < -0.3 is 10.1 Å². The largest absolute Gasteiger partial charge is 0.435 e. The highest BCUT2D eigenvalue weighted by Crippen LogP contribution is 2.27. The van der Waals surface area contributed by atoms with E-state index in [4.69, 9.17) is 0 Å². The van der Waals surface area contributed by atoms with Gasteiger partial charge in [0.15, 0.2) is 0 Å². The first-order valence-electron chi connectivity index (χ1n) is 8.71. The van der Waals surface area contributed by atoms with Crippen LogP contribution in [0.2, 0.25) is 0 Å². The number of alkyl halides is 2. The van der Waals surface area contributed by atoms with Gasteiger partial charge in [0, 0.05) is 12.2 Å². The summed E-state index contributed by atoms with van der Waals surface area (Å²) in [5, 5.41) is 2.64. The highest BCUT2D eigenvalue weighted by atomic mass is 32.2. The van der Waals surface area contributed by atoms with Crippen molar-refractivity contribution in [2.24, 2.45) is 0 Å². The van der Waals surface area contributed by atoms with Crippen LogP contribution in [-0.2, 0) is 14.8 Å². The van der Waals surface area contributed by atoms with E-state index in [-0.39, 0.29) is 17.2 Å². The molecule has 0 spiro atoms. The first kappa shape index (κ1) is 20.2. The Morgan fingerprint density at radius 1 is 1.14 bits per heavy atom. The molecule has 2 aromatic rings. The summed E-state index contributed by atoms with van der Waals surface area (Å²) in [7, 11) is -3.79. The maximum atomic E-state index is 12.9. The number of aryl methyl sites for hydroxylation is 1. The molecule has 1 aliphatic heterocycles. The highest BCUT2D eigenvalue weighted by Gasteiger charge is 2.39. The molecule has 1 unspecified atom stereocenters. The molecular weight excluding hydrogens is 390 g/mol. The van der Waals surface area contributed by atoms with Gasteiger partial charge in [-0.25, -0.2) is 8.42 Å². The lowest BCUT2D eigenvalue weighted by atomic mass is 10.2. The van der Waals surface area contributed by atoms with Crippen molar-refractivity contribution in [3.63, 3.8) is 0 Å². The number of anilines is 1. The maximum Gasteiger partial charge on any atom is 0.387 e. The van der Waals surface area contributed by atoms with E-state index >= 15 is 0 Å². The Morgan fingerprint density at radius 2 is 1.79 bits per heavy atom. The Morgan fingerprint density at radius 3 is 2.39 bits per heavy atom. The molecule has 1 atom stereocenters. The number of nitrogens with one attached hydrogen (secondary N) is 1. The summed E-state index contributed by atoms with van der Waals surface area (Å²) in [5.74, 6) is -0.492. The van der Waals surface area contributed by atoms with Crippen molar-refractivity contribution in [3.8, 4) is 5.75 Å². The van der Waals surface area contributed by atoms with E-state index in [9.17, 15) is 22.0 Å². The zero-order valence-electron chi connectivity index (χ0n) is 15.1.